The van der Waals surface area contributed by atoms with E-state index in [1.165, 1.54) is 0 Å². The van der Waals surface area contributed by atoms with Gasteiger partial charge in [-0.3, -0.25) is 9.48 Å². The molecule has 0 saturated heterocycles. The zero-order valence-electron chi connectivity index (χ0n) is 9.16. The summed E-state index contributed by atoms with van der Waals surface area (Å²) in [6.45, 7) is 4.04. The molecule has 1 unspecified atom stereocenters. The van der Waals surface area contributed by atoms with E-state index >= 15 is 0 Å². The third kappa shape index (κ3) is 2.69. The van der Waals surface area contributed by atoms with Crippen molar-refractivity contribution in [1.29, 1.82) is 0 Å². The summed E-state index contributed by atoms with van der Waals surface area (Å²) < 4.78 is 1.82. The van der Waals surface area contributed by atoms with E-state index in [2.05, 4.69) is 5.10 Å². The van der Waals surface area contributed by atoms with Crippen LogP contribution < -0.4 is 0 Å². The molecule has 3 heteroatoms. The molecule has 1 aromatic rings. The van der Waals surface area contributed by atoms with Crippen molar-refractivity contribution >= 4 is 5.78 Å². The monoisotopic (exact) mass is 194 g/mol. The third-order valence-corrected chi connectivity index (χ3v) is 2.71. The highest BCUT2D eigenvalue weighted by molar-refractivity contribution is 5.80. The number of carbonyl (C=O) groups is 1. The van der Waals surface area contributed by atoms with Gasteiger partial charge in [0.05, 0.1) is 0 Å². The van der Waals surface area contributed by atoms with E-state index in [0.717, 1.165) is 18.5 Å². The molecule has 3 nitrogen and oxygen atoms in total. The van der Waals surface area contributed by atoms with Crippen LogP contribution in [0.4, 0.5) is 0 Å². The van der Waals surface area contributed by atoms with Gasteiger partial charge in [0.2, 0.25) is 0 Å². The van der Waals surface area contributed by atoms with Gasteiger partial charge in [0.25, 0.3) is 0 Å². The summed E-state index contributed by atoms with van der Waals surface area (Å²) in [7, 11) is 1.91. The summed E-state index contributed by atoms with van der Waals surface area (Å²) >= 11 is 0. The fourth-order valence-electron chi connectivity index (χ4n) is 1.37. The smallest absolute Gasteiger partial charge is 0.136 e. The predicted molar refractivity (Wildman–Crippen MR) is 56.0 cm³/mol. The lowest BCUT2D eigenvalue weighted by Gasteiger charge is -2.06. The topological polar surface area (TPSA) is 34.9 Å². The minimum absolute atomic E-state index is 0.197. The molecule has 1 atom stereocenters. The maximum absolute atomic E-state index is 11.6. The van der Waals surface area contributed by atoms with Gasteiger partial charge in [0.1, 0.15) is 5.78 Å². The molecular weight excluding hydrogens is 176 g/mol. The van der Waals surface area contributed by atoms with Crippen LogP contribution in [0.15, 0.2) is 12.3 Å². The summed E-state index contributed by atoms with van der Waals surface area (Å²) in [4.78, 5) is 11.6. The SMILES string of the molecule is CCC(C)C(=O)CCc1ccnn1C. The van der Waals surface area contributed by atoms with E-state index in [1.54, 1.807) is 6.20 Å². The van der Waals surface area contributed by atoms with Crippen LogP contribution in [0.1, 0.15) is 32.4 Å². The summed E-state index contributed by atoms with van der Waals surface area (Å²) in [5, 5.41) is 4.06. The third-order valence-electron chi connectivity index (χ3n) is 2.71. The molecule has 0 aromatic carbocycles. The number of hydrogen-bond acceptors (Lipinski definition) is 2. The normalized spacial score (nSPS) is 12.8. The molecule has 0 spiro atoms. The van der Waals surface area contributed by atoms with Crippen molar-refractivity contribution in [2.45, 2.75) is 33.1 Å². The van der Waals surface area contributed by atoms with Crippen LogP contribution in [0, 0.1) is 5.92 Å². The zero-order chi connectivity index (χ0) is 10.6. The van der Waals surface area contributed by atoms with Gasteiger partial charge >= 0.3 is 0 Å². The first-order valence-electron chi connectivity index (χ1n) is 5.14. The Labute approximate surface area is 85.1 Å². The molecule has 0 aliphatic heterocycles. The first-order valence-corrected chi connectivity index (χ1v) is 5.14. The van der Waals surface area contributed by atoms with Crippen LogP contribution in [-0.4, -0.2) is 15.6 Å². The quantitative estimate of drug-likeness (QED) is 0.718. The van der Waals surface area contributed by atoms with Gasteiger partial charge in [0.15, 0.2) is 0 Å². The lowest BCUT2D eigenvalue weighted by atomic mass is 9.99. The second kappa shape index (κ2) is 4.94. The van der Waals surface area contributed by atoms with Crippen LogP contribution >= 0.6 is 0 Å². The standard InChI is InChI=1S/C11H18N2O/c1-4-9(2)11(14)6-5-10-7-8-12-13(10)3/h7-9H,4-6H2,1-3H3. The van der Waals surface area contributed by atoms with Crippen molar-refractivity contribution in [1.82, 2.24) is 9.78 Å². The average Bonchev–Trinajstić information content (AvgIpc) is 2.59. The first kappa shape index (κ1) is 11.0. The molecule has 78 valence electrons. The Morgan fingerprint density at radius 2 is 2.36 bits per heavy atom. The van der Waals surface area contributed by atoms with E-state index in [0.29, 0.717) is 12.2 Å². The Morgan fingerprint density at radius 3 is 2.86 bits per heavy atom. The zero-order valence-corrected chi connectivity index (χ0v) is 9.16. The van der Waals surface area contributed by atoms with Crippen LogP contribution in [0.25, 0.3) is 0 Å². The Bertz CT molecular complexity index is 304. The summed E-state index contributed by atoms with van der Waals surface area (Å²) in [6, 6.07) is 1.96. The lowest BCUT2D eigenvalue weighted by Crippen LogP contribution is -2.11. The highest BCUT2D eigenvalue weighted by atomic mass is 16.1. The molecule has 0 aliphatic rings. The molecule has 0 aliphatic carbocycles. The van der Waals surface area contributed by atoms with E-state index in [-0.39, 0.29) is 5.92 Å². The van der Waals surface area contributed by atoms with E-state index in [9.17, 15) is 4.79 Å². The first-order chi connectivity index (χ1) is 6.65. The molecular formula is C11H18N2O. The fourth-order valence-corrected chi connectivity index (χ4v) is 1.37. The van der Waals surface area contributed by atoms with Crippen LogP contribution in [0.2, 0.25) is 0 Å². The number of ketones is 1. The Kier molecular flexibility index (Phi) is 3.86. The molecule has 1 aromatic heterocycles. The second-order valence-electron chi connectivity index (χ2n) is 3.72. The Hall–Kier alpha value is -1.12. The predicted octanol–water partition coefficient (Wildman–Crippen LogP) is 1.97. The summed E-state index contributed by atoms with van der Waals surface area (Å²) in [6.07, 6.45) is 4.14. The van der Waals surface area contributed by atoms with Crippen molar-refractivity contribution in [2.75, 3.05) is 0 Å². The number of hydrogen-bond donors (Lipinski definition) is 0. The maximum Gasteiger partial charge on any atom is 0.136 e. The second-order valence-corrected chi connectivity index (χ2v) is 3.72. The van der Waals surface area contributed by atoms with Gasteiger partial charge in [-0.2, -0.15) is 5.10 Å². The number of nitrogens with zero attached hydrogens (tertiary/aromatic N) is 2. The lowest BCUT2D eigenvalue weighted by molar-refractivity contribution is -0.122. The van der Waals surface area contributed by atoms with Gasteiger partial charge in [-0.25, -0.2) is 0 Å². The molecule has 0 fully saturated rings. The summed E-state index contributed by atoms with van der Waals surface area (Å²) in [5.41, 5.74) is 1.13. The minimum Gasteiger partial charge on any atom is -0.299 e. The summed E-state index contributed by atoms with van der Waals surface area (Å²) in [5.74, 6) is 0.553. The van der Waals surface area contributed by atoms with Gasteiger partial charge in [-0.05, 0) is 18.9 Å². The molecule has 0 bridgehead atoms. The molecule has 0 N–H and O–H groups in total. The van der Waals surface area contributed by atoms with Crippen molar-refractivity contribution < 1.29 is 4.79 Å². The largest absolute Gasteiger partial charge is 0.299 e. The Morgan fingerprint density at radius 1 is 1.64 bits per heavy atom. The van der Waals surface area contributed by atoms with Crippen molar-refractivity contribution in [3.63, 3.8) is 0 Å². The van der Waals surface area contributed by atoms with E-state index in [4.69, 9.17) is 0 Å². The van der Waals surface area contributed by atoms with Gasteiger partial charge in [-0.1, -0.05) is 13.8 Å². The highest BCUT2D eigenvalue weighted by Crippen LogP contribution is 2.08. The average molecular weight is 194 g/mol. The number of Topliss-reactive ketones (excluding diaryl/α,β-unsaturated/α-hetero) is 1. The molecule has 0 radical (unpaired) electrons. The Balaban J connectivity index is 2.41. The number of aromatic nitrogens is 2. The fraction of sp³-hybridized carbons (Fsp3) is 0.636. The number of aryl methyl sites for hydroxylation is 2. The number of carbonyl (C=O) groups excluding carboxylic acids is 1. The molecule has 1 rings (SSSR count). The van der Waals surface area contributed by atoms with Crippen LogP contribution in [-0.2, 0) is 18.3 Å². The van der Waals surface area contributed by atoms with Crippen LogP contribution in [0.5, 0.6) is 0 Å². The minimum atomic E-state index is 0.197. The molecule has 1 heterocycles. The van der Waals surface area contributed by atoms with Crippen LogP contribution in [0.3, 0.4) is 0 Å². The van der Waals surface area contributed by atoms with Crippen molar-refractivity contribution in [3.05, 3.63) is 18.0 Å². The van der Waals surface area contributed by atoms with Gasteiger partial charge < -0.3 is 0 Å². The number of rotatable bonds is 5. The van der Waals surface area contributed by atoms with Crippen molar-refractivity contribution in [3.8, 4) is 0 Å². The van der Waals surface area contributed by atoms with Gasteiger partial charge in [-0.15, -0.1) is 0 Å². The van der Waals surface area contributed by atoms with E-state index < -0.39 is 0 Å². The molecule has 14 heavy (non-hydrogen) atoms. The van der Waals surface area contributed by atoms with E-state index in [1.807, 2.05) is 31.6 Å². The highest BCUT2D eigenvalue weighted by Gasteiger charge is 2.11. The maximum atomic E-state index is 11.6. The van der Waals surface area contributed by atoms with Gasteiger partial charge in [0, 0.05) is 31.3 Å². The molecule has 0 amide bonds. The molecule has 0 saturated carbocycles. The van der Waals surface area contributed by atoms with Crippen molar-refractivity contribution in [2.24, 2.45) is 13.0 Å².